The molecule has 0 bridgehead atoms. The standard InChI is InChI=1S/C24H26N2O5/c1-25(2)8-9-26-23-15(7-6-14-10-20(29-3)19(27)11-16(14)23)17-12-21(30-4)22(31-5)13-18(17)24(26)28/h6-7,10-13,27H,8-9H2,1-5H3. The predicted molar refractivity (Wildman–Crippen MR) is 123 cm³/mol. The Morgan fingerprint density at radius 1 is 0.839 bits per heavy atom. The summed E-state index contributed by atoms with van der Waals surface area (Å²) in [4.78, 5) is 15.7. The number of aromatic nitrogens is 1. The van der Waals surface area contributed by atoms with Crippen LogP contribution >= 0.6 is 0 Å². The summed E-state index contributed by atoms with van der Waals surface area (Å²) in [5.74, 6) is 1.48. The van der Waals surface area contributed by atoms with E-state index in [1.165, 1.54) is 7.11 Å². The van der Waals surface area contributed by atoms with E-state index in [9.17, 15) is 9.90 Å². The molecule has 0 radical (unpaired) electrons. The molecule has 0 amide bonds. The van der Waals surface area contributed by atoms with Gasteiger partial charge in [0.25, 0.3) is 5.56 Å². The van der Waals surface area contributed by atoms with Crippen LogP contribution in [0, 0.1) is 0 Å². The maximum Gasteiger partial charge on any atom is 0.259 e. The number of phenolic OH excluding ortho intramolecular Hbond substituents is 1. The first kappa shape index (κ1) is 20.8. The van der Waals surface area contributed by atoms with Gasteiger partial charge in [-0.05, 0) is 43.7 Å². The van der Waals surface area contributed by atoms with Crippen molar-refractivity contribution >= 4 is 32.4 Å². The molecule has 31 heavy (non-hydrogen) atoms. The molecule has 0 aliphatic heterocycles. The molecule has 0 atom stereocenters. The normalized spacial score (nSPS) is 11.5. The van der Waals surface area contributed by atoms with Gasteiger partial charge in [-0.25, -0.2) is 0 Å². The lowest BCUT2D eigenvalue weighted by Crippen LogP contribution is -2.27. The highest BCUT2D eigenvalue weighted by atomic mass is 16.5. The highest BCUT2D eigenvalue weighted by Crippen LogP contribution is 2.39. The van der Waals surface area contributed by atoms with Crippen LogP contribution in [0.4, 0.5) is 0 Å². The lowest BCUT2D eigenvalue weighted by molar-refractivity contribution is 0.356. The summed E-state index contributed by atoms with van der Waals surface area (Å²) in [5.41, 5.74) is 0.648. The Morgan fingerprint density at radius 3 is 2.10 bits per heavy atom. The highest BCUT2D eigenvalue weighted by Gasteiger charge is 2.18. The number of phenols is 1. The van der Waals surface area contributed by atoms with Gasteiger partial charge in [-0.2, -0.15) is 0 Å². The number of likely N-dealkylation sites (N-methyl/N-ethyl adjacent to an activating group) is 1. The Balaban J connectivity index is 2.20. The molecule has 3 aromatic carbocycles. The van der Waals surface area contributed by atoms with Crippen molar-refractivity contribution in [1.82, 2.24) is 9.47 Å². The Morgan fingerprint density at radius 2 is 1.48 bits per heavy atom. The summed E-state index contributed by atoms with van der Waals surface area (Å²) in [6.07, 6.45) is 0. The minimum absolute atomic E-state index is 0.0292. The summed E-state index contributed by atoms with van der Waals surface area (Å²) in [6, 6.07) is 11.0. The molecule has 4 aromatic rings. The van der Waals surface area contributed by atoms with Crippen molar-refractivity contribution in [2.75, 3.05) is 42.0 Å². The molecule has 1 heterocycles. The van der Waals surface area contributed by atoms with E-state index in [0.717, 1.165) is 27.1 Å². The second kappa shape index (κ2) is 8.00. The van der Waals surface area contributed by atoms with Gasteiger partial charge < -0.3 is 28.8 Å². The fraction of sp³-hybridized carbons (Fsp3) is 0.292. The smallest absolute Gasteiger partial charge is 0.259 e. The summed E-state index contributed by atoms with van der Waals surface area (Å²) < 4.78 is 18.0. The minimum atomic E-state index is -0.117. The van der Waals surface area contributed by atoms with Gasteiger partial charge in [0.15, 0.2) is 23.0 Å². The maximum absolute atomic E-state index is 13.6. The topological polar surface area (TPSA) is 73.2 Å². The molecular weight excluding hydrogens is 396 g/mol. The highest BCUT2D eigenvalue weighted by molar-refractivity contribution is 6.16. The summed E-state index contributed by atoms with van der Waals surface area (Å²) in [5, 5.41) is 14.3. The fourth-order valence-corrected chi connectivity index (χ4v) is 4.03. The first-order valence-corrected chi connectivity index (χ1v) is 9.96. The number of pyridine rings is 1. The van der Waals surface area contributed by atoms with Crippen LogP contribution in [-0.4, -0.2) is 56.5 Å². The molecule has 1 aromatic heterocycles. The van der Waals surface area contributed by atoms with E-state index in [4.69, 9.17) is 14.2 Å². The Hall–Kier alpha value is -3.45. The van der Waals surface area contributed by atoms with Crippen LogP contribution in [0.15, 0.2) is 41.2 Å². The number of fused-ring (bicyclic) bond motifs is 5. The fourth-order valence-electron chi connectivity index (χ4n) is 4.03. The number of aromatic hydroxyl groups is 1. The number of ether oxygens (including phenoxy) is 3. The van der Waals surface area contributed by atoms with Gasteiger partial charge >= 0.3 is 0 Å². The number of rotatable bonds is 6. The van der Waals surface area contributed by atoms with E-state index in [1.807, 2.05) is 37.2 Å². The predicted octanol–water partition coefficient (Wildman–Crippen LogP) is 3.60. The summed E-state index contributed by atoms with van der Waals surface area (Å²) in [6.45, 7) is 1.19. The van der Waals surface area contributed by atoms with Gasteiger partial charge in [-0.3, -0.25) is 4.79 Å². The van der Waals surface area contributed by atoms with Crippen molar-refractivity contribution in [3.05, 3.63) is 46.8 Å². The zero-order valence-electron chi connectivity index (χ0n) is 18.4. The van der Waals surface area contributed by atoms with E-state index < -0.39 is 0 Å². The quantitative estimate of drug-likeness (QED) is 0.479. The zero-order chi connectivity index (χ0) is 22.3. The third-order valence-electron chi connectivity index (χ3n) is 5.62. The van der Waals surface area contributed by atoms with Crippen LogP contribution in [0.2, 0.25) is 0 Å². The van der Waals surface area contributed by atoms with Gasteiger partial charge in [0.1, 0.15) is 0 Å². The molecule has 4 rings (SSSR count). The van der Waals surface area contributed by atoms with Crippen molar-refractivity contribution in [3.63, 3.8) is 0 Å². The summed E-state index contributed by atoms with van der Waals surface area (Å²) >= 11 is 0. The van der Waals surface area contributed by atoms with Crippen molar-refractivity contribution in [2.45, 2.75) is 6.54 Å². The largest absolute Gasteiger partial charge is 0.504 e. The van der Waals surface area contributed by atoms with Crippen LogP contribution in [0.1, 0.15) is 0 Å². The minimum Gasteiger partial charge on any atom is -0.504 e. The third kappa shape index (κ3) is 3.41. The second-order valence-electron chi connectivity index (χ2n) is 7.72. The second-order valence-corrected chi connectivity index (χ2v) is 7.72. The maximum atomic E-state index is 13.6. The molecule has 0 aliphatic carbocycles. The Kier molecular flexibility index (Phi) is 5.37. The first-order valence-electron chi connectivity index (χ1n) is 9.96. The van der Waals surface area contributed by atoms with Crippen molar-refractivity contribution in [3.8, 4) is 23.0 Å². The van der Waals surface area contributed by atoms with E-state index in [1.54, 1.807) is 37.0 Å². The molecule has 0 spiro atoms. The molecule has 0 unspecified atom stereocenters. The summed E-state index contributed by atoms with van der Waals surface area (Å²) in [7, 11) is 8.58. The van der Waals surface area contributed by atoms with Crippen LogP contribution < -0.4 is 19.8 Å². The SMILES string of the molecule is COc1cc2ccc3c4cc(OC)c(OC)cc4c(=O)n(CCN(C)C)c3c2cc1O. The molecule has 1 N–H and O–H groups in total. The van der Waals surface area contributed by atoms with Crippen LogP contribution in [0.5, 0.6) is 23.0 Å². The monoisotopic (exact) mass is 422 g/mol. The molecule has 7 nitrogen and oxygen atoms in total. The number of methoxy groups -OCH3 is 3. The molecule has 162 valence electrons. The first-order chi connectivity index (χ1) is 14.9. The molecule has 0 aliphatic rings. The average Bonchev–Trinajstić information content (AvgIpc) is 2.77. The van der Waals surface area contributed by atoms with E-state index in [0.29, 0.717) is 35.7 Å². The van der Waals surface area contributed by atoms with Gasteiger partial charge in [0.2, 0.25) is 0 Å². The van der Waals surface area contributed by atoms with E-state index in [-0.39, 0.29) is 11.3 Å². The molecular formula is C24H26N2O5. The number of hydrogen-bond acceptors (Lipinski definition) is 6. The van der Waals surface area contributed by atoms with Gasteiger partial charge in [0.05, 0.1) is 32.2 Å². The Labute approximate surface area is 180 Å². The third-order valence-corrected chi connectivity index (χ3v) is 5.62. The van der Waals surface area contributed by atoms with Gasteiger partial charge in [-0.15, -0.1) is 0 Å². The Bertz CT molecular complexity index is 1360. The average molecular weight is 422 g/mol. The van der Waals surface area contributed by atoms with Crippen LogP contribution in [-0.2, 0) is 6.54 Å². The molecule has 0 saturated carbocycles. The van der Waals surface area contributed by atoms with Crippen LogP contribution in [0.25, 0.3) is 32.4 Å². The van der Waals surface area contributed by atoms with E-state index in [2.05, 4.69) is 0 Å². The van der Waals surface area contributed by atoms with Gasteiger partial charge in [0, 0.05) is 29.2 Å². The zero-order valence-corrected chi connectivity index (χ0v) is 18.4. The van der Waals surface area contributed by atoms with Crippen molar-refractivity contribution in [2.24, 2.45) is 0 Å². The molecule has 0 fully saturated rings. The number of benzene rings is 3. The number of nitrogens with zero attached hydrogens (tertiary/aromatic N) is 2. The van der Waals surface area contributed by atoms with Crippen molar-refractivity contribution < 1.29 is 19.3 Å². The van der Waals surface area contributed by atoms with E-state index >= 15 is 0 Å². The lowest BCUT2D eigenvalue weighted by Gasteiger charge is -2.19. The number of hydrogen-bond donors (Lipinski definition) is 1. The lowest BCUT2D eigenvalue weighted by atomic mass is 9.99. The molecule has 7 heteroatoms. The van der Waals surface area contributed by atoms with Crippen molar-refractivity contribution in [1.29, 1.82) is 0 Å². The molecule has 0 saturated heterocycles. The van der Waals surface area contributed by atoms with Gasteiger partial charge in [-0.1, -0.05) is 12.1 Å². The van der Waals surface area contributed by atoms with Crippen LogP contribution in [0.3, 0.4) is 0 Å².